The molecule has 0 fully saturated rings. The molecule has 3 aromatic rings. The van der Waals surface area contributed by atoms with E-state index in [1.807, 2.05) is 0 Å². The molecule has 3 rings (SSSR count). The van der Waals surface area contributed by atoms with Crippen LogP contribution >= 0.6 is 0 Å². The third-order valence-electron chi connectivity index (χ3n) is 5.60. The van der Waals surface area contributed by atoms with Crippen molar-refractivity contribution in [1.82, 2.24) is 10.6 Å². The number of hydrogen-bond donors (Lipinski definition) is 2. The fourth-order valence-electron chi connectivity index (χ4n) is 3.77. The summed E-state index contributed by atoms with van der Waals surface area (Å²) < 4.78 is 94.9. The molecule has 0 heterocycles. The second-order valence-corrected chi connectivity index (χ2v) is 8.15. The number of carbonyl (C=O) groups is 1. The zero-order valence-electron chi connectivity index (χ0n) is 19.5. The Bertz CT molecular complexity index is 1180. The van der Waals surface area contributed by atoms with E-state index in [0.717, 1.165) is 24.3 Å². The van der Waals surface area contributed by atoms with E-state index >= 15 is 0 Å². The average molecular weight is 528 g/mol. The Kier molecular flexibility index (Phi) is 8.80. The van der Waals surface area contributed by atoms with Gasteiger partial charge in [-0.15, -0.1) is 13.2 Å². The Morgan fingerprint density at radius 3 is 2.11 bits per heavy atom. The number of benzene rings is 3. The minimum absolute atomic E-state index is 0.156. The number of halogens is 7. The maximum absolute atomic E-state index is 14.1. The van der Waals surface area contributed by atoms with Gasteiger partial charge in [0.1, 0.15) is 6.04 Å². The molecule has 11 heteroatoms. The quantitative estimate of drug-likeness (QED) is 0.312. The lowest BCUT2D eigenvalue weighted by Crippen LogP contribution is -2.38. The molecule has 4 nitrogen and oxygen atoms in total. The lowest BCUT2D eigenvalue weighted by molar-refractivity contribution is -0.275. The number of aryl methyl sites for hydroxylation is 1. The second-order valence-electron chi connectivity index (χ2n) is 8.15. The number of rotatable bonds is 9. The second kappa shape index (κ2) is 11.6. The third kappa shape index (κ3) is 7.94. The highest BCUT2D eigenvalue weighted by Gasteiger charge is 2.33. The molecule has 3 aromatic carbocycles. The summed E-state index contributed by atoms with van der Waals surface area (Å²) in [4.78, 5) is 12.7. The normalized spacial score (nSPS) is 13.6. The molecule has 0 aliphatic heterocycles. The molecule has 0 saturated heterocycles. The number of amides is 1. The molecule has 0 saturated carbocycles. The summed E-state index contributed by atoms with van der Waals surface area (Å²) in [5, 5.41) is 5.63. The predicted molar refractivity (Wildman–Crippen MR) is 122 cm³/mol. The number of nitrogens with one attached hydrogen (secondary N) is 2. The highest BCUT2D eigenvalue weighted by molar-refractivity contribution is 5.83. The van der Waals surface area contributed by atoms with Gasteiger partial charge in [0.25, 0.3) is 0 Å². The smallest absolute Gasteiger partial charge is 0.403 e. The van der Waals surface area contributed by atoms with Crippen molar-refractivity contribution < 1.29 is 40.3 Å². The van der Waals surface area contributed by atoms with E-state index in [0.29, 0.717) is 11.1 Å². The van der Waals surface area contributed by atoms with E-state index in [1.165, 1.54) is 25.2 Å². The molecule has 2 N–H and O–H groups in total. The summed E-state index contributed by atoms with van der Waals surface area (Å²) >= 11 is 0. The van der Waals surface area contributed by atoms with Crippen LogP contribution in [0.1, 0.15) is 40.8 Å². The molecule has 0 bridgehead atoms. The number of hydrogen-bond acceptors (Lipinski definition) is 3. The minimum Gasteiger partial charge on any atom is -0.403 e. The van der Waals surface area contributed by atoms with Gasteiger partial charge >= 0.3 is 12.5 Å². The molecule has 0 aromatic heterocycles. The molecule has 1 amide bonds. The number of ether oxygens (including phenoxy) is 1. The lowest BCUT2D eigenvalue weighted by Gasteiger charge is -2.26. The van der Waals surface area contributed by atoms with Crippen LogP contribution in [0.4, 0.5) is 30.7 Å². The van der Waals surface area contributed by atoms with Crippen LogP contribution in [-0.4, -0.2) is 19.3 Å². The Balaban J connectivity index is 1.94. The van der Waals surface area contributed by atoms with Gasteiger partial charge in [0, 0.05) is 13.1 Å². The standard InChI is InChI=1S/C26H23F7N2O2/c1-34-24(36)23(17-5-3-2-4-6-17)35-21(14-9-16-7-11-19(12-8-16)25(28,29)30)18-10-13-20(27)22(15-18)37-26(31,32)33/h2-8,10-13,15,21,23,35H,9,14H2,1H3,(H,34,36)/t21-,23-/m0/s1. The zero-order chi connectivity index (χ0) is 27.2. The van der Waals surface area contributed by atoms with Crippen LogP contribution in [-0.2, 0) is 17.4 Å². The van der Waals surface area contributed by atoms with Crippen molar-refractivity contribution in [1.29, 1.82) is 0 Å². The van der Waals surface area contributed by atoms with Gasteiger partial charge in [-0.2, -0.15) is 13.2 Å². The lowest BCUT2D eigenvalue weighted by atomic mass is 9.95. The predicted octanol–water partition coefficient (Wildman–Crippen LogP) is 6.49. The molecule has 0 aliphatic rings. The summed E-state index contributed by atoms with van der Waals surface area (Å²) in [7, 11) is 1.42. The van der Waals surface area contributed by atoms with Gasteiger partial charge in [-0.1, -0.05) is 48.5 Å². The van der Waals surface area contributed by atoms with Gasteiger partial charge in [-0.3, -0.25) is 10.1 Å². The highest BCUT2D eigenvalue weighted by Crippen LogP contribution is 2.32. The summed E-state index contributed by atoms with van der Waals surface area (Å²) in [6, 6.07) is 14.2. The van der Waals surface area contributed by atoms with Crippen LogP contribution in [0, 0.1) is 5.82 Å². The molecule has 0 spiro atoms. The van der Waals surface area contributed by atoms with Crippen LogP contribution in [0.25, 0.3) is 0 Å². The van der Waals surface area contributed by atoms with Crippen LogP contribution in [0.2, 0.25) is 0 Å². The first-order valence-corrected chi connectivity index (χ1v) is 11.1. The Morgan fingerprint density at radius 1 is 0.892 bits per heavy atom. The maximum Gasteiger partial charge on any atom is 0.573 e. The molecule has 0 aliphatic carbocycles. The Labute approximate surface area is 208 Å². The summed E-state index contributed by atoms with van der Waals surface area (Å²) in [6.07, 6.45) is -9.26. The van der Waals surface area contributed by atoms with E-state index in [-0.39, 0.29) is 18.4 Å². The van der Waals surface area contributed by atoms with Crippen LogP contribution < -0.4 is 15.4 Å². The molecule has 2 atom stereocenters. The average Bonchev–Trinajstić information content (AvgIpc) is 2.84. The fourth-order valence-corrected chi connectivity index (χ4v) is 3.77. The van der Waals surface area contributed by atoms with Crippen LogP contribution in [0.5, 0.6) is 5.75 Å². The largest absolute Gasteiger partial charge is 0.573 e. The van der Waals surface area contributed by atoms with E-state index in [9.17, 15) is 35.5 Å². The maximum atomic E-state index is 14.1. The van der Waals surface area contributed by atoms with Gasteiger partial charge < -0.3 is 10.1 Å². The van der Waals surface area contributed by atoms with Gasteiger partial charge in [0.2, 0.25) is 5.91 Å². The van der Waals surface area contributed by atoms with Crippen LogP contribution in [0.3, 0.4) is 0 Å². The van der Waals surface area contributed by atoms with Crippen molar-refractivity contribution in [3.05, 3.63) is 101 Å². The van der Waals surface area contributed by atoms with Crippen molar-refractivity contribution in [3.8, 4) is 5.75 Å². The topological polar surface area (TPSA) is 50.4 Å². The van der Waals surface area contributed by atoms with E-state index in [4.69, 9.17) is 0 Å². The first-order chi connectivity index (χ1) is 17.4. The Morgan fingerprint density at radius 2 is 1.54 bits per heavy atom. The van der Waals surface area contributed by atoms with Crippen LogP contribution in [0.15, 0.2) is 72.8 Å². The molecular formula is C26H23F7N2O2. The molecule has 37 heavy (non-hydrogen) atoms. The van der Waals surface area contributed by atoms with Crippen molar-refractivity contribution in [2.75, 3.05) is 7.05 Å². The summed E-state index contributed by atoms with van der Waals surface area (Å²) in [5.74, 6) is -2.70. The van der Waals surface area contributed by atoms with Crippen molar-refractivity contribution in [2.24, 2.45) is 0 Å². The molecular weight excluding hydrogens is 505 g/mol. The number of likely N-dealkylation sites (N-methyl/N-ethyl adjacent to an activating group) is 1. The SMILES string of the molecule is CNC(=O)[C@@H](N[C@@H](CCc1ccc(C(F)(F)F)cc1)c1ccc(F)c(OC(F)(F)F)c1)c1ccccc1. The molecule has 0 radical (unpaired) electrons. The van der Waals surface area contributed by atoms with Crippen molar-refractivity contribution in [2.45, 2.75) is 37.5 Å². The Hall–Kier alpha value is -3.60. The molecule has 0 unspecified atom stereocenters. The summed E-state index contributed by atoms with van der Waals surface area (Å²) in [6.45, 7) is 0. The van der Waals surface area contributed by atoms with E-state index in [1.54, 1.807) is 30.3 Å². The van der Waals surface area contributed by atoms with Gasteiger partial charge in [0.15, 0.2) is 11.6 Å². The molecule has 198 valence electrons. The van der Waals surface area contributed by atoms with E-state index in [2.05, 4.69) is 15.4 Å². The van der Waals surface area contributed by atoms with Crippen molar-refractivity contribution >= 4 is 5.91 Å². The first-order valence-electron chi connectivity index (χ1n) is 11.1. The minimum atomic E-state index is -5.13. The highest BCUT2D eigenvalue weighted by atomic mass is 19.4. The van der Waals surface area contributed by atoms with Gasteiger partial charge in [0.05, 0.1) is 5.56 Å². The van der Waals surface area contributed by atoms with Gasteiger partial charge in [-0.25, -0.2) is 4.39 Å². The number of carbonyl (C=O) groups excluding carboxylic acids is 1. The zero-order valence-corrected chi connectivity index (χ0v) is 19.5. The monoisotopic (exact) mass is 528 g/mol. The summed E-state index contributed by atoms with van der Waals surface area (Å²) in [5.41, 5.74) is 0.472. The van der Waals surface area contributed by atoms with Crippen molar-refractivity contribution in [3.63, 3.8) is 0 Å². The third-order valence-corrected chi connectivity index (χ3v) is 5.60. The number of alkyl halides is 6. The first kappa shape index (κ1) is 28.0. The van der Waals surface area contributed by atoms with Gasteiger partial charge in [-0.05, 0) is 53.8 Å². The fraction of sp³-hybridized carbons (Fsp3) is 0.269. The van der Waals surface area contributed by atoms with E-state index < -0.39 is 47.7 Å².